The minimum Gasteiger partial charge on any atom is -0.383 e. The summed E-state index contributed by atoms with van der Waals surface area (Å²) in [4.78, 5) is 21.6. The van der Waals surface area contributed by atoms with E-state index in [2.05, 4.69) is 9.98 Å². The van der Waals surface area contributed by atoms with E-state index >= 15 is 0 Å². The van der Waals surface area contributed by atoms with Gasteiger partial charge in [0.05, 0.1) is 13.2 Å². The van der Waals surface area contributed by atoms with Crippen molar-refractivity contribution in [2.75, 3.05) is 20.3 Å². The highest BCUT2D eigenvalue weighted by molar-refractivity contribution is 6.13. The number of para-hydroxylation sites is 1. The number of aliphatic imine (C=N–C) groups is 1. The third kappa shape index (κ3) is 2.60. The van der Waals surface area contributed by atoms with E-state index in [9.17, 15) is 4.79 Å². The summed E-state index contributed by atoms with van der Waals surface area (Å²) < 4.78 is 5.02. The predicted octanol–water partition coefficient (Wildman–Crippen LogP) is 2.42. The molecule has 5 heteroatoms. The molecule has 0 bridgehead atoms. The summed E-state index contributed by atoms with van der Waals surface area (Å²) >= 11 is 0. The molecule has 0 aliphatic carbocycles. The van der Waals surface area contributed by atoms with E-state index in [1.165, 1.54) is 0 Å². The summed E-state index contributed by atoms with van der Waals surface area (Å²) in [5.41, 5.74) is 2.38. The van der Waals surface area contributed by atoms with E-state index in [-0.39, 0.29) is 5.91 Å². The summed E-state index contributed by atoms with van der Waals surface area (Å²) in [7, 11) is 1.62. The molecule has 1 N–H and O–H groups in total. The normalized spacial score (nSPS) is 17.0. The third-order valence-electron chi connectivity index (χ3n) is 3.50. The van der Waals surface area contributed by atoms with Crippen LogP contribution in [0.5, 0.6) is 0 Å². The number of methoxy groups -OCH3 is 1. The lowest BCUT2D eigenvalue weighted by Crippen LogP contribution is -2.33. The highest BCUT2D eigenvalue weighted by Crippen LogP contribution is 2.20. The maximum atomic E-state index is 12.3. The quantitative estimate of drug-likeness (QED) is 0.876. The van der Waals surface area contributed by atoms with Gasteiger partial charge in [0.25, 0.3) is 5.91 Å². The van der Waals surface area contributed by atoms with Crippen LogP contribution < -0.4 is 0 Å². The number of hydrogen-bond acceptors (Lipinski definition) is 3. The second-order valence-corrected chi connectivity index (χ2v) is 4.95. The molecule has 108 valence electrons. The monoisotopic (exact) mass is 283 g/mol. The minimum atomic E-state index is -0.0804. The number of nitrogens with one attached hydrogen (secondary N) is 1. The summed E-state index contributed by atoms with van der Waals surface area (Å²) in [6, 6.07) is 10.0. The maximum Gasteiger partial charge on any atom is 0.278 e. The first-order valence-electron chi connectivity index (χ1n) is 6.84. The van der Waals surface area contributed by atoms with Crippen LogP contribution in [0.4, 0.5) is 0 Å². The van der Waals surface area contributed by atoms with Crippen LogP contribution in [0.3, 0.4) is 0 Å². The van der Waals surface area contributed by atoms with Crippen LogP contribution in [0, 0.1) is 0 Å². The molecule has 2 aromatic rings. The molecule has 3 rings (SSSR count). The van der Waals surface area contributed by atoms with Crippen molar-refractivity contribution in [2.45, 2.75) is 6.92 Å². The second kappa shape index (κ2) is 5.54. The van der Waals surface area contributed by atoms with Gasteiger partial charge in [-0.25, -0.2) is 4.99 Å². The van der Waals surface area contributed by atoms with Crippen molar-refractivity contribution in [3.63, 3.8) is 0 Å². The fraction of sp³-hybridized carbons (Fsp3) is 0.250. The summed E-state index contributed by atoms with van der Waals surface area (Å²) in [6.45, 7) is 2.85. The van der Waals surface area contributed by atoms with Crippen LogP contribution >= 0.6 is 0 Å². The number of carbonyl (C=O) groups is 1. The molecule has 0 atom stereocenters. The predicted molar refractivity (Wildman–Crippen MR) is 83.0 cm³/mol. The highest BCUT2D eigenvalue weighted by Gasteiger charge is 2.27. The molecule has 1 amide bonds. The van der Waals surface area contributed by atoms with E-state index in [1.807, 2.05) is 37.3 Å². The van der Waals surface area contributed by atoms with Gasteiger partial charge in [-0.3, -0.25) is 9.69 Å². The Balaban J connectivity index is 1.88. The van der Waals surface area contributed by atoms with Gasteiger partial charge in [0.1, 0.15) is 11.5 Å². The zero-order chi connectivity index (χ0) is 14.8. The van der Waals surface area contributed by atoms with Crippen molar-refractivity contribution in [3.05, 3.63) is 41.7 Å². The molecule has 0 spiro atoms. The van der Waals surface area contributed by atoms with E-state index in [0.29, 0.717) is 24.7 Å². The van der Waals surface area contributed by atoms with Crippen molar-refractivity contribution in [1.29, 1.82) is 0 Å². The fourth-order valence-electron chi connectivity index (χ4n) is 2.43. The Labute approximate surface area is 122 Å². The maximum absolute atomic E-state index is 12.3. The Hall–Kier alpha value is -2.40. The van der Waals surface area contributed by atoms with Crippen LogP contribution in [0.25, 0.3) is 17.0 Å². The molecule has 0 radical (unpaired) electrons. The number of ether oxygens (including phenoxy) is 1. The highest BCUT2D eigenvalue weighted by atomic mass is 16.5. The lowest BCUT2D eigenvalue weighted by molar-refractivity contribution is -0.123. The minimum absolute atomic E-state index is 0.0804. The number of aromatic nitrogens is 1. The first-order chi connectivity index (χ1) is 10.2. The number of rotatable bonds is 4. The van der Waals surface area contributed by atoms with Crippen molar-refractivity contribution in [2.24, 2.45) is 4.99 Å². The number of carbonyl (C=O) groups excluding carboxylic acids is 1. The van der Waals surface area contributed by atoms with Crippen molar-refractivity contribution in [3.8, 4) is 0 Å². The topological polar surface area (TPSA) is 57.7 Å². The fourth-order valence-corrected chi connectivity index (χ4v) is 2.43. The Bertz CT molecular complexity index is 710. The summed E-state index contributed by atoms with van der Waals surface area (Å²) in [5, 5.41) is 1.12. The Morgan fingerprint density at radius 2 is 2.19 bits per heavy atom. The Kier molecular flexibility index (Phi) is 3.58. The first-order valence-corrected chi connectivity index (χ1v) is 6.84. The van der Waals surface area contributed by atoms with Gasteiger partial charge < -0.3 is 9.72 Å². The molecule has 0 unspecified atom stereocenters. The van der Waals surface area contributed by atoms with Crippen LogP contribution in [0.2, 0.25) is 0 Å². The molecule has 2 heterocycles. The molecule has 21 heavy (non-hydrogen) atoms. The molecule has 1 aliphatic heterocycles. The Morgan fingerprint density at radius 3 is 2.95 bits per heavy atom. The average molecular weight is 283 g/mol. The molecule has 0 fully saturated rings. The average Bonchev–Trinajstić information content (AvgIpc) is 2.99. The van der Waals surface area contributed by atoms with Gasteiger partial charge in [-0.05, 0) is 30.5 Å². The van der Waals surface area contributed by atoms with Crippen LogP contribution in [0.1, 0.15) is 12.6 Å². The number of benzene rings is 1. The van der Waals surface area contributed by atoms with Crippen molar-refractivity contribution >= 4 is 28.7 Å². The third-order valence-corrected chi connectivity index (χ3v) is 3.50. The van der Waals surface area contributed by atoms with Gasteiger partial charge in [0.2, 0.25) is 0 Å². The number of amides is 1. The largest absolute Gasteiger partial charge is 0.383 e. The molecule has 1 aliphatic rings. The lowest BCUT2D eigenvalue weighted by atomic mass is 10.2. The van der Waals surface area contributed by atoms with E-state index in [1.54, 1.807) is 18.1 Å². The van der Waals surface area contributed by atoms with Crippen molar-refractivity contribution in [1.82, 2.24) is 9.88 Å². The Morgan fingerprint density at radius 1 is 1.38 bits per heavy atom. The molecular weight excluding hydrogens is 266 g/mol. The van der Waals surface area contributed by atoms with Gasteiger partial charge in [0.15, 0.2) is 0 Å². The SMILES string of the molecule is COCCN1C(=O)/C(=C/c2cc3ccccc3[nH]2)N=C1C. The smallest absolute Gasteiger partial charge is 0.278 e. The van der Waals surface area contributed by atoms with E-state index in [4.69, 9.17) is 4.74 Å². The van der Waals surface area contributed by atoms with Crippen molar-refractivity contribution < 1.29 is 9.53 Å². The lowest BCUT2D eigenvalue weighted by Gasteiger charge is -2.14. The number of hydrogen-bond donors (Lipinski definition) is 1. The standard InChI is InChI=1S/C16H17N3O2/c1-11-17-15(16(20)19(11)7-8-21-2)10-13-9-12-5-3-4-6-14(12)18-13/h3-6,9-10,18H,7-8H2,1-2H3/b15-10-. The summed E-state index contributed by atoms with van der Waals surface area (Å²) in [5.74, 6) is 0.627. The van der Waals surface area contributed by atoms with E-state index < -0.39 is 0 Å². The van der Waals surface area contributed by atoms with Gasteiger partial charge in [-0.15, -0.1) is 0 Å². The number of fused-ring (bicyclic) bond motifs is 1. The molecule has 0 saturated heterocycles. The van der Waals surface area contributed by atoms with E-state index in [0.717, 1.165) is 16.6 Å². The van der Waals surface area contributed by atoms with Gasteiger partial charge in [0, 0.05) is 18.3 Å². The molecule has 0 saturated carbocycles. The van der Waals surface area contributed by atoms with Gasteiger partial charge in [-0.1, -0.05) is 18.2 Å². The molecular formula is C16H17N3O2. The first kappa shape index (κ1) is 13.6. The zero-order valence-corrected chi connectivity index (χ0v) is 12.1. The molecule has 1 aromatic heterocycles. The molecule has 1 aromatic carbocycles. The number of H-pyrrole nitrogens is 1. The zero-order valence-electron chi connectivity index (χ0n) is 12.1. The van der Waals surface area contributed by atoms with Gasteiger partial charge in [-0.2, -0.15) is 0 Å². The second-order valence-electron chi connectivity index (χ2n) is 4.95. The number of nitrogens with zero attached hydrogens (tertiary/aromatic N) is 2. The molecule has 5 nitrogen and oxygen atoms in total. The van der Waals surface area contributed by atoms with Gasteiger partial charge >= 0.3 is 0 Å². The van der Waals surface area contributed by atoms with Crippen LogP contribution in [-0.2, 0) is 9.53 Å². The van der Waals surface area contributed by atoms with Crippen LogP contribution in [0.15, 0.2) is 41.0 Å². The summed E-state index contributed by atoms with van der Waals surface area (Å²) in [6.07, 6.45) is 1.79. The number of aromatic amines is 1. The number of amidine groups is 1. The van der Waals surface area contributed by atoms with Crippen LogP contribution in [-0.4, -0.2) is 41.9 Å².